The Labute approximate surface area is 67.9 Å². The van der Waals surface area contributed by atoms with Gasteiger partial charge in [-0.15, -0.1) is 5.10 Å². The maximum absolute atomic E-state index is 10.6. The summed E-state index contributed by atoms with van der Waals surface area (Å²) >= 11 is 0. The molecule has 0 saturated heterocycles. The van der Waals surface area contributed by atoms with Crippen LogP contribution in [0.3, 0.4) is 0 Å². The number of nitrogens with one attached hydrogen (secondary N) is 1. The van der Waals surface area contributed by atoms with Crippen molar-refractivity contribution in [1.82, 2.24) is 10.2 Å². The molecular formula is C8H5N2O2. The number of rotatable bonds is 1. The highest BCUT2D eigenvalue weighted by atomic mass is 16.4. The third-order valence-corrected chi connectivity index (χ3v) is 1.40. The second-order valence-electron chi connectivity index (χ2n) is 2.21. The maximum Gasteiger partial charge on any atom is 0.434 e. The Morgan fingerprint density at radius 2 is 2.17 bits per heavy atom. The average molecular weight is 161 g/mol. The Hall–Kier alpha value is -1.84. The molecule has 4 heteroatoms. The fourth-order valence-corrected chi connectivity index (χ4v) is 0.883. The molecular weight excluding hydrogens is 156 g/mol. The highest BCUT2D eigenvalue weighted by Gasteiger charge is 2.02. The van der Waals surface area contributed by atoms with Crippen molar-refractivity contribution in [2.75, 3.05) is 0 Å². The highest BCUT2D eigenvalue weighted by Crippen LogP contribution is 2.12. The van der Waals surface area contributed by atoms with E-state index in [1.165, 1.54) is 0 Å². The molecule has 1 radical (unpaired) electrons. The minimum Gasteiger partial charge on any atom is -0.388 e. The van der Waals surface area contributed by atoms with Crippen molar-refractivity contribution in [3.63, 3.8) is 0 Å². The molecule has 1 N–H and O–H groups in total. The number of benzene rings is 1. The van der Waals surface area contributed by atoms with Crippen LogP contribution in [-0.2, 0) is 0 Å². The molecule has 0 saturated carbocycles. The minimum absolute atomic E-state index is 0.300. The van der Waals surface area contributed by atoms with Gasteiger partial charge in [0, 0.05) is 5.56 Å². The third kappa shape index (κ3) is 1.14. The lowest BCUT2D eigenvalue weighted by Crippen LogP contribution is -1.93. The molecule has 0 amide bonds. The Morgan fingerprint density at radius 3 is 2.75 bits per heavy atom. The molecule has 0 bridgehead atoms. The van der Waals surface area contributed by atoms with Gasteiger partial charge in [-0.2, -0.15) is 0 Å². The number of H-pyrrole nitrogens is 1. The largest absolute Gasteiger partial charge is 0.434 e. The van der Waals surface area contributed by atoms with Crippen LogP contribution in [0.4, 0.5) is 0 Å². The van der Waals surface area contributed by atoms with Crippen molar-refractivity contribution in [2.24, 2.45) is 0 Å². The lowest BCUT2D eigenvalue weighted by atomic mass is 10.2. The fourth-order valence-electron chi connectivity index (χ4n) is 0.883. The number of hydrogen-bond donors (Lipinski definition) is 1. The van der Waals surface area contributed by atoms with E-state index < -0.39 is 5.76 Å². The predicted octanol–water partition coefficient (Wildman–Crippen LogP) is 0.830. The van der Waals surface area contributed by atoms with E-state index >= 15 is 0 Å². The van der Waals surface area contributed by atoms with Crippen LogP contribution in [0.5, 0.6) is 0 Å². The Balaban J connectivity index is 2.51. The second kappa shape index (κ2) is 2.65. The molecule has 2 aromatic rings. The van der Waals surface area contributed by atoms with E-state index in [1.54, 1.807) is 24.3 Å². The monoisotopic (exact) mass is 161 g/mol. The maximum atomic E-state index is 10.6. The summed E-state index contributed by atoms with van der Waals surface area (Å²) in [7, 11) is 0. The molecule has 59 valence electrons. The lowest BCUT2D eigenvalue weighted by molar-refractivity contribution is 0.527. The minimum atomic E-state index is -0.544. The molecule has 0 unspecified atom stereocenters. The molecule has 0 spiro atoms. The van der Waals surface area contributed by atoms with Crippen LogP contribution in [0.25, 0.3) is 11.5 Å². The predicted molar refractivity (Wildman–Crippen MR) is 41.4 cm³/mol. The van der Waals surface area contributed by atoms with Crippen LogP contribution in [0.15, 0.2) is 33.5 Å². The van der Waals surface area contributed by atoms with Gasteiger partial charge in [-0.05, 0) is 18.2 Å². The van der Waals surface area contributed by atoms with Crippen LogP contribution >= 0.6 is 0 Å². The van der Waals surface area contributed by atoms with E-state index in [0.717, 1.165) is 5.56 Å². The van der Waals surface area contributed by atoms with Crippen molar-refractivity contribution in [3.05, 3.63) is 40.9 Å². The molecule has 4 nitrogen and oxygen atoms in total. The van der Waals surface area contributed by atoms with Gasteiger partial charge in [0.15, 0.2) is 0 Å². The van der Waals surface area contributed by atoms with Crippen molar-refractivity contribution < 1.29 is 4.42 Å². The van der Waals surface area contributed by atoms with Crippen molar-refractivity contribution in [3.8, 4) is 11.5 Å². The SMILES string of the molecule is O=c1[nH]nc(-c2cc[c]cc2)o1. The zero-order chi connectivity index (χ0) is 8.39. The molecule has 1 heterocycles. The Bertz CT molecular complexity index is 416. The van der Waals surface area contributed by atoms with Crippen molar-refractivity contribution in [1.29, 1.82) is 0 Å². The van der Waals surface area contributed by atoms with Gasteiger partial charge >= 0.3 is 5.76 Å². The topological polar surface area (TPSA) is 58.9 Å². The van der Waals surface area contributed by atoms with E-state index in [2.05, 4.69) is 16.3 Å². The summed E-state index contributed by atoms with van der Waals surface area (Å²) in [4.78, 5) is 10.6. The van der Waals surface area contributed by atoms with E-state index in [-0.39, 0.29) is 0 Å². The van der Waals surface area contributed by atoms with Crippen molar-refractivity contribution >= 4 is 0 Å². The van der Waals surface area contributed by atoms with Gasteiger partial charge in [0.05, 0.1) is 0 Å². The summed E-state index contributed by atoms with van der Waals surface area (Å²) in [5, 5.41) is 5.85. The van der Waals surface area contributed by atoms with Gasteiger partial charge in [-0.25, -0.2) is 9.89 Å². The Kier molecular flexibility index (Phi) is 1.51. The van der Waals surface area contributed by atoms with Gasteiger partial charge in [-0.3, -0.25) is 0 Å². The summed E-state index contributed by atoms with van der Waals surface area (Å²) in [6.07, 6.45) is 0. The second-order valence-corrected chi connectivity index (χ2v) is 2.21. The quantitative estimate of drug-likeness (QED) is 0.673. The van der Waals surface area contributed by atoms with Gasteiger partial charge in [0.1, 0.15) is 0 Å². The van der Waals surface area contributed by atoms with Crippen LogP contribution in [-0.4, -0.2) is 10.2 Å². The van der Waals surface area contributed by atoms with Gasteiger partial charge < -0.3 is 4.42 Å². The molecule has 1 aromatic carbocycles. The normalized spacial score (nSPS) is 10.0. The van der Waals surface area contributed by atoms with Crippen LogP contribution < -0.4 is 5.76 Å². The molecule has 0 fully saturated rings. The average Bonchev–Trinajstić information content (AvgIpc) is 2.54. The van der Waals surface area contributed by atoms with Crippen molar-refractivity contribution in [2.45, 2.75) is 0 Å². The molecule has 0 aliphatic carbocycles. The summed E-state index contributed by atoms with van der Waals surface area (Å²) in [6.45, 7) is 0. The molecule has 12 heavy (non-hydrogen) atoms. The molecule has 0 aliphatic heterocycles. The molecule has 2 rings (SSSR count). The first-order chi connectivity index (χ1) is 5.86. The first-order valence-corrected chi connectivity index (χ1v) is 3.38. The van der Waals surface area contributed by atoms with E-state index in [1.807, 2.05) is 0 Å². The Morgan fingerprint density at radius 1 is 1.42 bits per heavy atom. The van der Waals surface area contributed by atoms with Crippen LogP contribution in [0.1, 0.15) is 0 Å². The molecule has 0 aliphatic rings. The van der Waals surface area contributed by atoms with E-state index in [4.69, 9.17) is 4.42 Å². The number of nitrogens with zero attached hydrogens (tertiary/aromatic N) is 1. The summed E-state index contributed by atoms with van der Waals surface area (Å²) in [5.41, 5.74) is 0.757. The van der Waals surface area contributed by atoms with Gasteiger partial charge in [0.25, 0.3) is 0 Å². The lowest BCUT2D eigenvalue weighted by Gasteiger charge is -1.89. The molecule has 1 aromatic heterocycles. The number of hydrogen-bond acceptors (Lipinski definition) is 3. The van der Waals surface area contributed by atoms with E-state index in [0.29, 0.717) is 5.89 Å². The number of aromatic nitrogens is 2. The van der Waals surface area contributed by atoms with E-state index in [9.17, 15) is 4.79 Å². The first-order valence-electron chi connectivity index (χ1n) is 3.38. The van der Waals surface area contributed by atoms with Gasteiger partial charge in [0.2, 0.25) is 5.89 Å². The zero-order valence-corrected chi connectivity index (χ0v) is 6.07. The van der Waals surface area contributed by atoms with Crippen LogP contribution in [0.2, 0.25) is 0 Å². The van der Waals surface area contributed by atoms with Crippen LogP contribution in [0, 0.1) is 6.07 Å². The smallest absolute Gasteiger partial charge is 0.388 e. The van der Waals surface area contributed by atoms with Gasteiger partial charge in [-0.1, -0.05) is 12.1 Å². The highest BCUT2D eigenvalue weighted by molar-refractivity contribution is 5.51. The summed E-state index contributed by atoms with van der Waals surface area (Å²) < 4.78 is 4.73. The molecule has 0 atom stereocenters. The third-order valence-electron chi connectivity index (χ3n) is 1.40. The fraction of sp³-hybridized carbons (Fsp3) is 0. The number of aromatic amines is 1. The zero-order valence-electron chi connectivity index (χ0n) is 6.07. The summed E-state index contributed by atoms with van der Waals surface area (Å²) in [6, 6.07) is 9.83. The summed E-state index contributed by atoms with van der Waals surface area (Å²) in [5.74, 6) is -0.244. The standard InChI is InChI=1S/C8H5N2O2/c11-8-10-9-7(12-8)6-4-2-1-3-5-6/h2-5H,(H,10,11). The first kappa shape index (κ1) is 6.84.